The average Bonchev–Trinajstić information content (AvgIpc) is 2.51. The first-order valence-electron chi connectivity index (χ1n) is 3.83. The minimum absolute atomic E-state index is 0.144. The van der Waals surface area contributed by atoms with Crippen molar-refractivity contribution in [1.82, 2.24) is 15.0 Å². The molecule has 0 bridgehead atoms. The van der Waals surface area contributed by atoms with Crippen LogP contribution in [0.2, 0.25) is 0 Å². The van der Waals surface area contributed by atoms with Crippen molar-refractivity contribution >= 4 is 22.8 Å². The van der Waals surface area contributed by atoms with Crippen molar-refractivity contribution in [3.05, 3.63) is 18.6 Å². The number of H-pyrrole nitrogens is 1. The third-order valence-electron chi connectivity index (χ3n) is 1.64. The Hall–Kier alpha value is -1.91. The Kier molecular flexibility index (Phi) is 1.70. The summed E-state index contributed by atoms with van der Waals surface area (Å²) in [4.78, 5) is 21.7. The van der Waals surface area contributed by atoms with Gasteiger partial charge in [0.25, 0.3) is 0 Å². The second-order valence-corrected chi connectivity index (χ2v) is 2.64. The lowest BCUT2D eigenvalue weighted by atomic mass is 10.4. The number of nitrogens with zero attached hydrogens (tertiary/aromatic N) is 2. The number of nitrogens with one attached hydrogen (secondary N) is 2. The van der Waals surface area contributed by atoms with Gasteiger partial charge >= 0.3 is 0 Å². The fourth-order valence-electron chi connectivity index (χ4n) is 1.13. The number of hydrogen-bond acceptors (Lipinski definition) is 3. The van der Waals surface area contributed by atoms with Gasteiger partial charge in [-0.1, -0.05) is 0 Å². The maximum Gasteiger partial charge on any atom is 0.222 e. The molecule has 5 heteroatoms. The Morgan fingerprint density at radius 3 is 3.15 bits per heavy atom. The molecule has 0 aliphatic heterocycles. The highest BCUT2D eigenvalue weighted by molar-refractivity contribution is 5.96. The largest absolute Gasteiger partial charge is 0.357 e. The SMILES string of the molecule is CC(=O)Nc1ncnc2cc[nH]c12. The number of hydrogen-bond donors (Lipinski definition) is 2. The van der Waals surface area contributed by atoms with E-state index in [-0.39, 0.29) is 5.91 Å². The molecule has 2 aromatic rings. The van der Waals surface area contributed by atoms with Crippen LogP contribution in [0.1, 0.15) is 6.92 Å². The van der Waals surface area contributed by atoms with E-state index in [9.17, 15) is 4.79 Å². The lowest BCUT2D eigenvalue weighted by Crippen LogP contribution is -2.07. The molecule has 13 heavy (non-hydrogen) atoms. The molecular formula is C8H8N4O. The first-order valence-corrected chi connectivity index (χ1v) is 3.83. The van der Waals surface area contributed by atoms with Crippen LogP contribution in [0.5, 0.6) is 0 Å². The summed E-state index contributed by atoms with van der Waals surface area (Å²) in [6.45, 7) is 1.44. The topological polar surface area (TPSA) is 70.7 Å². The van der Waals surface area contributed by atoms with Crippen LogP contribution in [0, 0.1) is 0 Å². The van der Waals surface area contributed by atoms with Crippen LogP contribution >= 0.6 is 0 Å². The number of anilines is 1. The molecule has 0 atom stereocenters. The highest BCUT2D eigenvalue weighted by Gasteiger charge is 2.04. The molecule has 66 valence electrons. The van der Waals surface area contributed by atoms with Crippen LogP contribution in [-0.4, -0.2) is 20.9 Å². The van der Waals surface area contributed by atoms with Gasteiger partial charge in [-0.2, -0.15) is 0 Å². The van der Waals surface area contributed by atoms with E-state index in [4.69, 9.17) is 0 Å². The van der Waals surface area contributed by atoms with E-state index in [1.54, 1.807) is 6.20 Å². The van der Waals surface area contributed by atoms with Gasteiger partial charge in [0, 0.05) is 13.1 Å². The summed E-state index contributed by atoms with van der Waals surface area (Å²) in [6, 6.07) is 1.82. The van der Waals surface area contributed by atoms with E-state index in [0.717, 1.165) is 11.0 Å². The Bertz CT molecular complexity index is 448. The smallest absolute Gasteiger partial charge is 0.222 e. The van der Waals surface area contributed by atoms with E-state index in [2.05, 4.69) is 20.3 Å². The standard InChI is InChI=1S/C8H8N4O/c1-5(13)12-8-7-6(2-3-9-7)10-4-11-8/h2-4,9H,1H3,(H,10,11,12,13). The van der Waals surface area contributed by atoms with Crippen molar-refractivity contribution in [2.24, 2.45) is 0 Å². The molecule has 2 heterocycles. The van der Waals surface area contributed by atoms with E-state index in [1.165, 1.54) is 13.3 Å². The van der Waals surface area contributed by atoms with Gasteiger partial charge in [-0.15, -0.1) is 0 Å². The van der Waals surface area contributed by atoms with Crippen LogP contribution in [0.4, 0.5) is 5.82 Å². The van der Waals surface area contributed by atoms with E-state index < -0.39 is 0 Å². The Morgan fingerprint density at radius 2 is 2.38 bits per heavy atom. The maximum absolute atomic E-state index is 10.8. The highest BCUT2D eigenvalue weighted by atomic mass is 16.1. The molecule has 0 aromatic carbocycles. The van der Waals surface area contributed by atoms with E-state index in [1.807, 2.05) is 6.07 Å². The summed E-state index contributed by atoms with van der Waals surface area (Å²) in [7, 11) is 0. The predicted molar refractivity (Wildman–Crippen MR) is 48.2 cm³/mol. The zero-order valence-electron chi connectivity index (χ0n) is 7.03. The maximum atomic E-state index is 10.8. The quantitative estimate of drug-likeness (QED) is 0.678. The molecular weight excluding hydrogens is 168 g/mol. The van der Waals surface area contributed by atoms with Gasteiger partial charge in [-0.3, -0.25) is 4.79 Å². The third-order valence-corrected chi connectivity index (χ3v) is 1.64. The zero-order valence-corrected chi connectivity index (χ0v) is 7.03. The molecule has 0 aliphatic rings. The molecule has 0 saturated carbocycles. The normalized spacial score (nSPS) is 10.2. The molecule has 2 rings (SSSR count). The van der Waals surface area contributed by atoms with Crippen LogP contribution in [-0.2, 0) is 4.79 Å². The van der Waals surface area contributed by atoms with Crippen LogP contribution in [0.15, 0.2) is 18.6 Å². The number of aromatic nitrogens is 3. The molecule has 0 aliphatic carbocycles. The monoisotopic (exact) mass is 176 g/mol. The van der Waals surface area contributed by atoms with E-state index >= 15 is 0 Å². The lowest BCUT2D eigenvalue weighted by Gasteiger charge is -2.00. The van der Waals surface area contributed by atoms with Gasteiger partial charge in [0.15, 0.2) is 5.82 Å². The van der Waals surface area contributed by atoms with Crippen LogP contribution in [0.3, 0.4) is 0 Å². The molecule has 0 spiro atoms. The second kappa shape index (κ2) is 2.85. The summed E-state index contributed by atoms with van der Waals surface area (Å²) in [5, 5.41) is 2.61. The number of carbonyl (C=O) groups excluding carboxylic acids is 1. The molecule has 0 unspecified atom stereocenters. The Balaban J connectivity index is 2.54. The van der Waals surface area contributed by atoms with Gasteiger partial charge in [-0.25, -0.2) is 9.97 Å². The lowest BCUT2D eigenvalue weighted by molar-refractivity contribution is -0.114. The molecule has 0 fully saturated rings. The van der Waals surface area contributed by atoms with Crippen molar-refractivity contribution in [2.45, 2.75) is 6.92 Å². The summed E-state index contributed by atoms with van der Waals surface area (Å²) < 4.78 is 0. The Labute approximate surface area is 74.2 Å². The van der Waals surface area contributed by atoms with Crippen LogP contribution in [0.25, 0.3) is 11.0 Å². The van der Waals surface area contributed by atoms with Crippen molar-refractivity contribution < 1.29 is 4.79 Å². The fourth-order valence-corrected chi connectivity index (χ4v) is 1.13. The zero-order chi connectivity index (χ0) is 9.26. The van der Waals surface area contributed by atoms with Crippen molar-refractivity contribution in [2.75, 3.05) is 5.32 Å². The summed E-state index contributed by atoms with van der Waals surface area (Å²) in [5.74, 6) is 0.372. The van der Waals surface area contributed by atoms with Crippen LogP contribution < -0.4 is 5.32 Å². The summed E-state index contributed by atoms with van der Waals surface area (Å²) in [5.41, 5.74) is 1.54. The minimum Gasteiger partial charge on any atom is -0.357 e. The number of carbonyl (C=O) groups is 1. The third kappa shape index (κ3) is 1.35. The Morgan fingerprint density at radius 1 is 1.54 bits per heavy atom. The first-order chi connectivity index (χ1) is 6.27. The van der Waals surface area contributed by atoms with E-state index in [0.29, 0.717) is 5.82 Å². The van der Waals surface area contributed by atoms with Crippen molar-refractivity contribution in [3.63, 3.8) is 0 Å². The van der Waals surface area contributed by atoms with Gasteiger partial charge in [0.05, 0.1) is 5.52 Å². The first kappa shape index (κ1) is 7.72. The predicted octanol–water partition coefficient (Wildman–Crippen LogP) is 0.916. The van der Waals surface area contributed by atoms with Gasteiger partial charge in [0.2, 0.25) is 5.91 Å². The van der Waals surface area contributed by atoms with Gasteiger partial charge in [0.1, 0.15) is 11.8 Å². The molecule has 2 N–H and O–H groups in total. The van der Waals surface area contributed by atoms with Crippen molar-refractivity contribution in [3.8, 4) is 0 Å². The minimum atomic E-state index is -0.144. The number of rotatable bonds is 1. The molecule has 2 aromatic heterocycles. The molecule has 0 radical (unpaired) electrons. The number of fused-ring (bicyclic) bond motifs is 1. The van der Waals surface area contributed by atoms with Gasteiger partial charge < -0.3 is 10.3 Å². The fraction of sp³-hybridized carbons (Fsp3) is 0.125. The number of amides is 1. The molecule has 0 saturated heterocycles. The second-order valence-electron chi connectivity index (χ2n) is 2.64. The average molecular weight is 176 g/mol. The van der Waals surface area contributed by atoms with Gasteiger partial charge in [-0.05, 0) is 6.07 Å². The van der Waals surface area contributed by atoms with Crippen molar-refractivity contribution in [1.29, 1.82) is 0 Å². The summed E-state index contributed by atoms with van der Waals surface area (Å²) >= 11 is 0. The molecule has 5 nitrogen and oxygen atoms in total. The highest BCUT2D eigenvalue weighted by Crippen LogP contribution is 2.15. The summed E-state index contributed by atoms with van der Waals surface area (Å²) in [6.07, 6.45) is 3.17. The molecule has 1 amide bonds. The number of aromatic amines is 1.